The van der Waals surface area contributed by atoms with E-state index < -0.39 is 18.0 Å². The van der Waals surface area contributed by atoms with Crippen LogP contribution in [0.25, 0.3) is 0 Å². The Hall–Kier alpha value is -1.14. The Balaban J connectivity index is 4.09. The second-order valence-electron chi connectivity index (χ2n) is 1.58. The molecule has 2 N–H and O–H groups in total. The molecule has 0 aliphatic rings. The van der Waals surface area contributed by atoms with Gasteiger partial charge in [-0.15, -0.1) is 0 Å². The summed E-state index contributed by atoms with van der Waals surface area (Å²) >= 11 is 0. The van der Waals surface area contributed by atoms with Crippen LogP contribution in [0.5, 0.6) is 0 Å². The fourth-order valence-electron chi connectivity index (χ4n) is 0.455. The topological polar surface area (TPSA) is 93.1 Å². The maximum absolute atomic E-state index is 10.4. The summed E-state index contributed by atoms with van der Waals surface area (Å²) in [6, 6.07) is 0. The van der Waals surface area contributed by atoms with Gasteiger partial charge in [0.25, 0.3) is 6.10 Å². The summed E-state index contributed by atoms with van der Waals surface area (Å²) in [4.78, 5) is 23.7. The van der Waals surface area contributed by atoms with Crippen molar-refractivity contribution in [1.82, 2.24) is 0 Å². The molecule has 0 rings (SSSR count). The van der Waals surface area contributed by atoms with E-state index in [1.165, 1.54) is 6.92 Å². The maximum atomic E-state index is 10.4. The summed E-state index contributed by atoms with van der Waals surface area (Å²) in [7, 11) is 0. The normalized spacial score (nSPS) is 12.2. The van der Waals surface area contributed by atoms with Gasteiger partial charge < -0.3 is 9.84 Å². The molecule has 0 saturated heterocycles. The number of hydrogen-bond acceptors (Lipinski definition) is 5. The van der Waals surface area contributed by atoms with Crippen molar-refractivity contribution in [1.29, 1.82) is 0 Å². The largest absolute Gasteiger partial charge is 0.479 e. The first-order valence-electron chi connectivity index (χ1n) is 2.83. The van der Waals surface area contributed by atoms with E-state index in [1.54, 1.807) is 0 Å². The number of rotatable bonds is 4. The molecule has 0 fully saturated rings. The molecule has 0 aliphatic heterocycles. The van der Waals surface area contributed by atoms with Crippen molar-refractivity contribution >= 4 is 11.9 Å². The van der Waals surface area contributed by atoms with E-state index in [4.69, 9.17) is 10.4 Å². The Bertz CT molecular complexity index is 153. The van der Waals surface area contributed by atoms with Crippen LogP contribution in [0.3, 0.4) is 0 Å². The summed E-state index contributed by atoms with van der Waals surface area (Å²) in [5.74, 6) is -2.83. The third kappa shape index (κ3) is 2.96. The number of carboxylic acids is 1. The van der Waals surface area contributed by atoms with Crippen molar-refractivity contribution < 1.29 is 29.6 Å². The molecule has 0 spiro atoms. The predicted octanol–water partition coefficient (Wildman–Crippen LogP) is -0.508. The highest BCUT2D eigenvalue weighted by atomic mass is 17.1. The number of carbonyl (C=O) groups excluding carboxylic acids is 1. The standard InChI is InChI=1S/C5H8O6/c1-2-10-3(4(6)7)5(8)11-9/h3,9H,2H2,1H3,(H,6,7). The SMILES string of the molecule is CCOC(C(=O)O)C(=O)OO. The van der Waals surface area contributed by atoms with Gasteiger partial charge in [-0.3, -0.25) is 4.89 Å². The lowest BCUT2D eigenvalue weighted by Crippen LogP contribution is -2.33. The Morgan fingerprint density at radius 1 is 1.55 bits per heavy atom. The molecule has 0 saturated carbocycles. The van der Waals surface area contributed by atoms with E-state index >= 15 is 0 Å². The molecule has 0 aromatic carbocycles. The van der Waals surface area contributed by atoms with E-state index in [0.717, 1.165) is 0 Å². The molecule has 6 heteroatoms. The van der Waals surface area contributed by atoms with Gasteiger partial charge in [-0.25, -0.2) is 9.59 Å². The summed E-state index contributed by atoms with van der Waals surface area (Å²) < 4.78 is 4.42. The van der Waals surface area contributed by atoms with Crippen LogP contribution in [0.4, 0.5) is 0 Å². The molecule has 0 aromatic rings. The van der Waals surface area contributed by atoms with Gasteiger partial charge in [0, 0.05) is 6.61 Å². The van der Waals surface area contributed by atoms with Gasteiger partial charge in [0.2, 0.25) is 0 Å². The molecule has 0 bridgehead atoms. The van der Waals surface area contributed by atoms with Crippen LogP contribution in [0.15, 0.2) is 0 Å². The summed E-state index contributed by atoms with van der Waals surface area (Å²) in [6.45, 7) is 1.56. The third-order valence-corrected chi connectivity index (χ3v) is 0.862. The van der Waals surface area contributed by atoms with E-state index in [-0.39, 0.29) is 6.61 Å². The van der Waals surface area contributed by atoms with Crippen LogP contribution in [0.2, 0.25) is 0 Å². The Labute approximate surface area is 62.3 Å². The van der Waals surface area contributed by atoms with E-state index in [9.17, 15) is 9.59 Å². The predicted molar refractivity (Wildman–Crippen MR) is 31.8 cm³/mol. The fourth-order valence-corrected chi connectivity index (χ4v) is 0.455. The molecule has 0 heterocycles. The average Bonchev–Trinajstić information content (AvgIpc) is 1.98. The van der Waals surface area contributed by atoms with Crippen molar-refractivity contribution in [2.75, 3.05) is 6.61 Å². The first-order chi connectivity index (χ1) is 5.13. The lowest BCUT2D eigenvalue weighted by molar-refractivity contribution is -0.244. The number of ether oxygens (including phenoxy) is 1. The second-order valence-corrected chi connectivity index (χ2v) is 1.58. The van der Waals surface area contributed by atoms with Gasteiger partial charge in [-0.05, 0) is 6.92 Å². The quantitative estimate of drug-likeness (QED) is 0.330. The minimum Gasteiger partial charge on any atom is -0.479 e. The lowest BCUT2D eigenvalue weighted by atomic mass is 10.4. The molecule has 1 atom stereocenters. The number of aliphatic carboxylic acids is 1. The molecule has 64 valence electrons. The number of carbonyl (C=O) groups is 2. The van der Waals surface area contributed by atoms with Gasteiger partial charge >= 0.3 is 11.9 Å². The van der Waals surface area contributed by atoms with Crippen LogP contribution in [-0.2, 0) is 19.2 Å². The monoisotopic (exact) mass is 164 g/mol. The Morgan fingerprint density at radius 3 is 2.36 bits per heavy atom. The highest BCUT2D eigenvalue weighted by Gasteiger charge is 2.28. The van der Waals surface area contributed by atoms with Crippen LogP contribution in [0, 0.1) is 0 Å². The Morgan fingerprint density at radius 2 is 2.09 bits per heavy atom. The van der Waals surface area contributed by atoms with Crippen molar-refractivity contribution in [3.8, 4) is 0 Å². The van der Waals surface area contributed by atoms with E-state index in [1.807, 2.05) is 0 Å². The summed E-state index contributed by atoms with van der Waals surface area (Å²) in [5.41, 5.74) is 0. The minimum atomic E-state index is -1.75. The van der Waals surface area contributed by atoms with Gasteiger partial charge in [0.1, 0.15) is 0 Å². The van der Waals surface area contributed by atoms with Crippen LogP contribution in [0.1, 0.15) is 6.92 Å². The van der Waals surface area contributed by atoms with E-state index in [2.05, 4.69) is 9.62 Å². The van der Waals surface area contributed by atoms with Crippen LogP contribution >= 0.6 is 0 Å². The van der Waals surface area contributed by atoms with Crippen molar-refractivity contribution in [2.24, 2.45) is 0 Å². The zero-order valence-electron chi connectivity index (χ0n) is 5.81. The first kappa shape index (κ1) is 9.86. The molecular formula is C5H8O6. The molecule has 11 heavy (non-hydrogen) atoms. The number of carboxylic acid groups (broad SMARTS) is 1. The maximum Gasteiger partial charge on any atom is 0.382 e. The molecule has 0 aromatic heterocycles. The second kappa shape index (κ2) is 4.64. The van der Waals surface area contributed by atoms with Crippen molar-refractivity contribution in [3.63, 3.8) is 0 Å². The fraction of sp³-hybridized carbons (Fsp3) is 0.600. The summed E-state index contributed by atoms with van der Waals surface area (Å²) in [5, 5.41) is 16.1. The lowest BCUT2D eigenvalue weighted by Gasteiger charge is -2.06. The van der Waals surface area contributed by atoms with Gasteiger partial charge in [0.05, 0.1) is 0 Å². The zero-order valence-corrected chi connectivity index (χ0v) is 5.81. The molecular weight excluding hydrogens is 156 g/mol. The molecule has 0 amide bonds. The van der Waals surface area contributed by atoms with E-state index in [0.29, 0.717) is 0 Å². The smallest absolute Gasteiger partial charge is 0.382 e. The zero-order chi connectivity index (χ0) is 8.85. The molecule has 1 unspecified atom stereocenters. The molecule has 6 nitrogen and oxygen atoms in total. The van der Waals surface area contributed by atoms with Gasteiger partial charge in [0.15, 0.2) is 0 Å². The first-order valence-corrected chi connectivity index (χ1v) is 2.83. The average molecular weight is 164 g/mol. The minimum absolute atomic E-state index is 0.0477. The van der Waals surface area contributed by atoms with Crippen LogP contribution < -0.4 is 0 Å². The Kier molecular flexibility index (Phi) is 4.16. The third-order valence-electron chi connectivity index (χ3n) is 0.862. The van der Waals surface area contributed by atoms with Gasteiger partial charge in [-0.1, -0.05) is 0 Å². The molecule has 0 radical (unpaired) electrons. The number of hydrogen-bond donors (Lipinski definition) is 2. The van der Waals surface area contributed by atoms with Crippen molar-refractivity contribution in [2.45, 2.75) is 13.0 Å². The van der Waals surface area contributed by atoms with Crippen molar-refractivity contribution in [3.05, 3.63) is 0 Å². The highest BCUT2D eigenvalue weighted by molar-refractivity contribution is 5.96. The van der Waals surface area contributed by atoms with Gasteiger partial charge in [-0.2, -0.15) is 5.26 Å². The highest BCUT2D eigenvalue weighted by Crippen LogP contribution is 1.94. The van der Waals surface area contributed by atoms with Crippen LogP contribution in [-0.4, -0.2) is 35.0 Å². The molecule has 0 aliphatic carbocycles. The summed E-state index contributed by atoms with van der Waals surface area (Å²) in [6.07, 6.45) is -1.75.